The van der Waals surface area contributed by atoms with Crippen LogP contribution in [0.3, 0.4) is 0 Å². The Morgan fingerprint density at radius 1 is 1.38 bits per heavy atom. The van der Waals surface area contributed by atoms with E-state index < -0.39 is 0 Å². The monoisotopic (exact) mass is 295 g/mol. The largest absolute Gasteiger partial charge is 0.493 e. The van der Waals surface area contributed by atoms with Crippen LogP contribution < -0.4 is 20.5 Å². The van der Waals surface area contributed by atoms with Crippen molar-refractivity contribution in [1.82, 2.24) is 5.32 Å². The van der Waals surface area contributed by atoms with Crippen molar-refractivity contribution in [2.75, 3.05) is 14.2 Å². The lowest BCUT2D eigenvalue weighted by Gasteiger charge is -2.14. The number of nitrogens with two attached hydrogens (primary N) is 1. The van der Waals surface area contributed by atoms with E-state index in [0.29, 0.717) is 11.5 Å². The molecule has 4 N–H and O–H groups in total. The van der Waals surface area contributed by atoms with Gasteiger partial charge < -0.3 is 25.7 Å². The van der Waals surface area contributed by atoms with Gasteiger partial charge in [-0.2, -0.15) is 0 Å². The van der Waals surface area contributed by atoms with Gasteiger partial charge in [-0.1, -0.05) is 11.2 Å². The first-order valence-corrected chi connectivity index (χ1v) is 6.46. The van der Waals surface area contributed by atoms with Gasteiger partial charge in [-0.05, 0) is 24.6 Å². The van der Waals surface area contributed by atoms with Crippen LogP contribution in [0.15, 0.2) is 23.4 Å². The molecule has 1 rings (SSSR count). The number of hydrogen-bond donors (Lipinski definition) is 3. The first kappa shape index (κ1) is 16.6. The molecule has 1 amide bonds. The molecule has 0 spiro atoms. The Morgan fingerprint density at radius 2 is 2.05 bits per heavy atom. The highest BCUT2D eigenvalue weighted by Crippen LogP contribution is 2.27. The number of nitrogens with one attached hydrogen (secondary N) is 1. The number of nitrogens with zero attached hydrogens (tertiary/aromatic N) is 1. The lowest BCUT2D eigenvalue weighted by atomic mass is 10.1. The van der Waals surface area contributed by atoms with Gasteiger partial charge in [0.25, 0.3) is 0 Å². The fraction of sp³-hybridized carbons (Fsp3) is 0.429. The molecule has 0 aliphatic rings. The van der Waals surface area contributed by atoms with Crippen LogP contribution in [0.25, 0.3) is 0 Å². The fourth-order valence-electron chi connectivity index (χ4n) is 1.91. The van der Waals surface area contributed by atoms with E-state index in [-0.39, 0.29) is 30.6 Å². The molecule has 1 atom stereocenters. The van der Waals surface area contributed by atoms with Gasteiger partial charge >= 0.3 is 0 Å². The van der Waals surface area contributed by atoms with E-state index in [4.69, 9.17) is 20.4 Å². The predicted molar refractivity (Wildman–Crippen MR) is 78.9 cm³/mol. The summed E-state index contributed by atoms with van der Waals surface area (Å²) in [5.74, 6) is 1.11. The second-order valence-corrected chi connectivity index (χ2v) is 4.63. The predicted octanol–water partition coefficient (Wildman–Crippen LogP) is 0.888. The standard InChI is InChI=1S/C14H21N3O4/c1-9(6-13(15)17-19)16-14(18)8-10-4-5-11(20-2)12(7-10)21-3/h4-5,7,9,19H,6,8H2,1-3H3,(H2,15,17)(H,16,18). The Hall–Kier alpha value is -2.44. The maximum absolute atomic E-state index is 11.9. The van der Waals surface area contributed by atoms with Crippen molar-refractivity contribution in [2.45, 2.75) is 25.8 Å². The van der Waals surface area contributed by atoms with Crippen molar-refractivity contribution in [3.05, 3.63) is 23.8 Å². The molecule has 7 heteroatoms. The van der Waals surface area contributed by atoms with Crippen LogP contribution in [0.5, 0.6) is 11.5 Å². The Balaban J connectivity index is 2.62. The average molecular weight is 295 g/mol. The zero-order valence-electron chi connectivity index (χ0n) is 12.4. The van der Waals surface area contributed by atoms with Crippen molar-refractivity contribution in [3.63, 3.8) is 0 Å². The maximum Gasteiger partial charge on any atom is 0.224 e. The van der Waals surface area contributed by atoms with Crippen molar-refractivity contribution in [1.29, 1.82) is 0 Å². The van der Waals surface area contributed by atoms with Crippen molar-refractivity contribution in [2.24, 2.45) is 10.9 Å². The molecule has 0 radical (unpaired) electrons. The van der Waals surface area contributed by atoms with Crippen LogP contribution in [0.4, 0.5) is 0 Å². The number of carbonyl (C=O) groups is 1. The Labute approximate surface area is 123 Å². The highest BCUT2D eigenvalue weighted by atomic mass is 16.5. The van der Waals surface area contributed by atoms with Gasteiger partial charge in [0, 0.05) is 12.5 Å². The molecule has 0 bridgehead atoms. The normalized spacial score (nSPS) is 12.6. The van der Waals surface area contributed by atoms with E-state index in [1.54, 1.807) is 39.3 Å². The van der Waals surface area contributed by atoms with Crippen LogP contribution >= 0.6 is 0 Å². The maximum atomic E-state index is 11.9. The zero-order chi connectivity index (χ0) is 15.8. The second kappa shape index (κ2) is 7.98. The van der Waals surface area contributed by atoms with Gasteiger partial charge in [0.2, 0.25) is 5.91 Å². The molecule has 1 aromatic rings. The van der Waals surface area contributed by atoms with Gasteiger partial charge in [-0.25, -0.2) is 0 Å². The molecule has 0 aliphatic carbocycles. The molecule has 0 heterocycles. The number of amidine groups is 1. The molecule has 1 aromatic carbocycles. The summed E-state index contributed by atoms with van der Waals surface area (Å²) in [6, 6.07) is 5.09. The number of rotatable bonds is 7. The molecule has 21 heavy (non-hydrogen) atoms. The van der Waals surface area contributed by atoms with E-state index in [0.717, 1.165) is 5.56 Å². The van der Waals surface area contributed by atoms with Gasteiger partial charge in [0.05, 0.1) is 20.6 Å². The van der Waals surface area contributed by atoms with Gasteiger partial charge in [0.1, 0.15) is 5.84 Å². The van der Waals surface area contributed by atoms with Crippen LogP contribution in [-0.4, -0.2) is 37.2 Å². The molecule has 0 saturated carbocycles. The molecule has 0 fully saturated rings. The Morgan fingerprint density at radius 3 is 2.62 bits per heavy atom. The number of oxime groups is 1. The third-order valence-corrected chi connectivity index (χ3v) is 2.86. The third kappa shape index (κ3) is 5.21. The number of hydrogen-bond acceptors (Lipinski definition) is 5. The summed E-state index contributed by atoms with van der Waals surface area (Å²) in [6.07, 6.45) is 0.495. The minimum atomic E-state index is -0.214. The molecule has 116 valence electrons. The van der Waals surface area contributed by atoms with Gasteiger partial charge in [-0.15, -0.1) is 0 Å². The summed E-state index contributed by atoms with van der Waals surface area (Å²) in [7, 11) is 3.10. The second-order valence-electron chi connectivity index (χ2n) is 4.63. The summed E-state index contributed by atoms with van der Waals surface area (Å²) in [5.41, 5.74) is 6.20. The molecule has 0 saturated heterocycles. The molecular formula is C14H21N3O4. The summed E-state index contributed by atoms with van der Waals surface area (Å²) in [4.78, 5) is 11.9. The topological polar surface area (TPSA) is 106 Å². The van der Waals surface area contributed by atoms with Crippen molar-refractivity contribution >= 4 is 11.7 Å². The SMILES string of the molecule is COc1ccc(CC(=O)NC(C)CC(N)=NO)cc1OC. The zero-order valence-corrected chi connectivity index (χ0v) is 12.4. The number of ether oxygens (including phenoxy) is 2. The highest BCUT2D eigenvalue weighted by Gasteiger charge is 2.11. The fourth-order valence-corrected chi connectivity index (χ4v) is 1.91. The molecule has 1 unspecified atom stereocenters. The van der Waals surface area contributed by atoms with Crippen LogP contribution in [0, 0.1) is 0 Å². The van der Waals surface area contributed by atoms with E-state index >= 15 is 0 Å². The summed E-state index contributed by atoms with van der Waals surface area (Å²) >= 11 is 0. The molecule has 0 aromatic heterocycles. The van der Waals surface area contributed by atoms with Gasteiger partial charge in [-0.3, -0.25) is 4.79 Å². The minimum absolute atomic E-state index is 0.0777. The molecule has 0 aliphatic heterocycles. The Kier molecular flexibility index (Phi) is 6.32. The Bertz CT molecular complexity index is 517. The smallest absolute Gasteiger partial charge is 0.224 e. The van der Waals surface area contributed by atoms with E-state index in [1.165, 1.54) is 0 Å². The van der Waals surface area contributed by atoms with Crippen LogP contribution in [-0.2, 0) is 11.2 Å². The third-order valence-electron chi connectivity index (χ3n) is 2.86. The highest BCUT2D eigenvalue weighted by molar-refractivity contribution is 5.82. The number of benzene rings is 1. The molecule has 7 nitrogen and oxygen atoms in total. The summed E-state index contributed by atoms with van der Waals surface area (Å²) < 4.78 is 10.3. The van der Waals surface area contributed by atoms with Crippen LogP contribution in [0.2, 0.25) is 0 Å². The van der Waals surface area contributed by atoms with E-state index in [9.17, 15) is 4.79 Å². The van der Waals surface area contributed by atoms with Crippen LogP contribution in [0.1, 0.15) is 18.9 Å². The van der Waals surface area contributed by atoms with Crippen molar-refractivity contribution in [3.8, 4) is 11.5 Å². The number of amides is 1. The van der Waals surface area contributed by atoms with E-state index in [2.05, 4.69) is 10.5 Å². The average Bonchev–Trinajstić information content (AvgIpc) is 2.46. The number of methoxy groups -OCH3 is 2. The lowest BCUT2D eigenvalue weighted by Crippen LogP contribution is -2.36. The van der Waals surface area contributed by atoms with Gasteiger partial charge in [0.15, 0.2) is 11.5 Å². The first-order chi connectivity index (χ1) is 9.99. The van der Waals surface area contributed by atoms with Crippen molar-refractivity contribution < 1.29 is 19.5 Å². The summed E-state index contributed by atoms with van der Waals surface area (Å²) in [5, 5.41) is 14.1. The summed E-state index contributed by atoms with van der Waals surface area (Å²) in [6.45, 7) is 1.78. The minimum Gasteiger partial charge on any atom is -0.493 e. The quantitative estimate of drug-likeness (QED) is 0.300. The first-order valence-electron chi connectivity index (χ1n) is 6.46. The molecular weight excluding hydrogens is 274 g/mol. The lowest BCUT2D eigenvalue weighted by molar-refractivity contribution is -0.121. The number of carbonyl (C=O) groups excluding carboxylic acids is 1. The van der Waals surface area contributed by atoms with E-state index in [1.807, 2.05) is 0 Å².